The van der Waals surface area contributed by atoms with E-state index >= 15 is 0 Å². The summed E-state index contributed by atoms with van der Waals surface area (Å²) in [4.78, 5) is 18.7. The summed E-state index contributed by atoms with van der Waals surface area (Å²) < 4.78 is 36.8. The van der Waals surface area contributed by atoms with E-state index in [4.69, 9.17) is 28.7 Å². The molecular weight excluding hydrogens is 681 g/mol. The van der Waals surface area contributed by atoms with Gasteiger partial charge in [-0.2, -0.15) is 0 Å². The van der Waals surface area contributed by atoms with Crippen LogP contribution in [0.1, 0.15) is 147 Å². The number of nitrogens with zero attached hydrogens (tertiary/aromatic N) is 1. The molecule has 9 heteroatoms. The molecule has 4 atom stereocenters. The zero-order valence-electron chi connectivity index (χ0n) is 29.3. The standard InChI is InChI=1S/C23H38NO6S.3C4H9.Sn/c1-5-9-12-26-15-18-19(28-13-10-6-2)20(29-14-11-7-3)21(30-18)22-24-17(16-31-22)23(25)27-8-4;3*1-3-4-2;/h18-21H,5-15H2,1-4H3;3*1,3-4H2,2H3;/t18-,19-,20-,21-;;;;/m1..../s1. The van der Waals surface area contributed by atoms with Crippen LogP contribution < -0.4 is 2.89 Å². The summed E-state index contributed by atoms with van der Waals surface area (Å²) >= 11 is -1.28. The van der Waals surface area contributed by atoms with E-state index in [1.54, 1.807) is 11.3 Å². The first-order valence-electron chi connectivity index (χ1n) is 18.1. The van der Waals surface area contributed by atoms with Gasteiger partial charge in [-0.25, -0.2) is 0 Å². The number of rotatable bonds is 26. The first-order chi connectivity index (χ1) is 21.5. The maximum absolute atomic E-state index is 13.6. The molecule has 0 N–H and O–H groups in total. The van der Waals surface area contributed by atoms with Crippen molar-refractivity contribution in [3.05, 3.63) is 10.7 Å². The van der Waals surface area contributed by atoms with Gasteiger partial charge in [0.2, 0.25) is 0 Å². The number of esters is 1. The zero-order valence-corrected chi connectivity index (χ0v) is 32.9. The van der Waals surface area contributed by atoms with Crippen molar-refractivity contribution in [2.45, 2.75) is 163 Å². The predicted molar refractivity (Wildman–Crippen MR) is 185 cm³/mol. The third-order valence-electron chi connectivity index (χ3n) is 8.71. The topological polar surface area (TPSA) is 76.1 Å². The molecule has 1 aromatic heterocycles. The number of hydrogen-bond donors (Lipinski definition) is 0. The summed E-state index contributed by atoms with van der Waals surface area (Å²) in [7, 11) is 0. The van der Waals surface area contributed by atoms with Gasteiger partial charge < -0.3 is 0 Å². The molecule has 1 aliphatic heterocycles. The van der Waals surface area contributed by atoms with Crippen molar-refractivity contribution in [2.75, 3.05) is 33.0 Å². The van der Waals surface area contributed by atoms with Crippen LogP contribution in [0.15, 0.2) is 0 Å². The van der Waals surface area contributed by atoms with Gasteiger partial charge in [0, 0.05) is 0 Å². The van der Waals surface area contributed by atoms with Crippen molar-refractivity contribution in [1.29, 1.82) is 0 Å². The molecule has 256 valence electrons. The van der Waals surface area contributed by atoms with Gasteiger partial charge in [-0.1, -0.05) is 0 Å². The molecule has 0 bridgehead atoms. The monoisotopic (exact) mass is 747 g/mol. The molecule has 2 rings (SSSR count). The number of carbonyl (C=O) groups is 1. The van der Waals surface area contributed by atoms with E-state index in [-0.39, 0.29) is 24.3 Å². The molecule has 44 heavy (non-hydrogen) atoms. The molecular formula is C35H65NO6SSn. The van der Waals surface area contributed by atoms with Crippen LogP contribution in [-0.4, -0.2) is 80.7 Å². The molecule has 0 amide bonds. The van der Waals surface area contributed by atoms with Crippen molar-refractivity contribution < 1.29 is 28.5 Å². The molecule has 7 nitrogen and oxygen atoms in total. The van der Waals surface area contributed by atoms with Gasteiger partial charge in [0.25, 0.3) is 0 Å². The molecule has 1 fully saturated rings. The minimum atomic E-state index is -3.04. The fraction of sp³-hybridized carbons (Fsp3) is 0.886. The molecule has 0 unspecified atom stereocenters. The SMILES string of the molecule is CCCCOC[C@H]1O[C@@H](c2nc(C(=O)OCC)[c]([Sn]([CH2]CCC)([CH2]CCC)[CH2]CCC)s2)[C@H](OCCCC)[C@@H]1OCCCC. The van der Waals surface area contributed by atoms with E-state index in [0.29, 0.717) is 38.7 Å². The second kappa shape index (κ2) is 23.1. The molecule has 1 saturated heterocycles. The Kier molecular flexibility index (Phi) is 21.0. The second-order valence-electron chi connectivity index (χ2n) is 12.4. The van der Waals surface area contributed by atoms with Crippen molar-refractivity contribution in [1.82, 2.24) is 4.98 Å². The molecule has 0 aliphatic carbocycles. The molecule has 1 aliphatic rings. The Morgan fingerprint density at radius 2 is 1.27 bits per heavy atom. The third-order valence-corrected chi connectivity index (χ3v) is 28.1. The summed E-state index contributed by atoms with van der Waals surface area (Å²) in [6.45, 7) is 18.1. The van der Waals surface area contributed by atoms with Crippen LogP contribution in [0, 0.1) is 0 Å². The molecule has 0 aromatic carbocycles. The quantitative estimate of drug-likeness (QED) is 0.0532. The first-order valence-corrected chi connectivity index (χ1v) is 26.4. The number of ether oxygens (including phenoxy) is 5. The minimum absolute atomic E-state index is 0.239. The Bertz CT molecular complexity index is 877. The Morgan fingerprint density at radius 1 is 0.750 bits per heavy atom. The average Bonchev–Trinajstić information content (AvgIpc) is 3.62. The zero-order chi connectivity index (χ0) is 32.2. The van der Waals surface area contributed by atoms with E-state index in [9.17, 15) is 4.79 Å². The Hall–Kier alpha value is -0.261. The Morgan fingerprint density at radius 3 is 1.80 bits per heavy atom. The number of unbranched alkanes of at least 4 members (excludes halogenated alkanes) is 6. The normalized spacial score (nSPS) is 20.4. The average molecular weight is 747 g/mol. The Labute approximate surface area is 277 Å². The molecule has 2 heterocycles. The van der Waals surface area contributed by atoms with Crippen LogP contribution in [-0.2, 0) is 23.7 Å². The van der Waals surface area contributed by atoms with Gasteiger partial charge in [-0.15, -0.1) is 0 Å². The van der Waals surface area contributed by atoms with Crippen LogP contribution in [0.25, 0.3) is 0 Å². The van der Waals surface area contributed by atoms with Crippen molar-refractivity contribution >= 4 is 38.6 Å². The van der Waals surface area contributed by atoms with Crippen molar-refractivity contribution in [3.63, 3.8) is 0 Å². The summed E-state index contributed by atoms with van der Waals surface area (Å²) in [6.07, 6.45) is 12.2. The van der Waals surface area contributed by atoms with Crippen LogP contribution in [0.2, 0.25) is 13.3 Å². The van der Waals surface area contributed by atoms with E-state index in [0.717, 1.165) is 43.5 Å². The van der Waals surface area contributed by atoms with E-state index in [1.807, 2.05) is 6.92 Å². The van der Waals surface area contributed by atoms with Gasteiger partial charge in [-0.3, -0.25) is 0 Å². The summed E-state index contributed by atoms with van der Waals surface area (Å²) in [5.41, 5.74) is 0.577. The summed E-state index contributed by atoms with van der Waals surface area (Å²) in [5.74, 6) is -0.271. The van der Waals surface area contributed by atoms with Gasteiger partial charge >= 0.3 is 279 Å². The maximum atomic E-state index is 13.6. The van der Waals surface area contributed by atoms with E-state index < -0.39 is 24.5 Å². The van der Waals surface area contributed by atoms with Gasteiger partial charge in [0.15, 0.2) is 0 Å². The van der Waals surface area contributed by atoms with Crippen LogP contribution >= 0.6 is 11.3 Å². The predicted octanol–water partition coefficient (Wildman–Crippen LogP) is 9.00. The summed E-state index contributed by atoms with van der Waals surface area (Å²) in [5, 5.41) is 0.857. The van der Waals surface area contributed by atoms with Crippen LogP contribution in [0.5, 0.6) is 0 Å². The van der Waals surface area contributed by atoms with Crippen molar-refractivity contribution in [3.8, 4) is 0 Å². The molecule has 1 aromatic rings. The van der Waals surface area contributed by atoms with Crippen LogP contribution in [0.3, 0.4) is 0 Å². The Balaban J connectivity index is 2.62. The number of aromatic nitrogens is 1. The fourth-order valence-corrected chi connectivity index (χ4v) is 26.7. The molecule has 0 saturated carbocycles. The third kappa shape index (κ3) is 12.1. The van der Waals surface area contributed by atoms with Crippen molar-refractivity contribution in [2.24, 2.45) is 0 Å². The van der Waals surface area contributed by atoms with Gasteiger partial charge in [-0.05, 0) is 0 Å². The second-order valence-corrected chi connectivity index (χ2v) is 27.5. The van der Waals surface area contributed by atoms with Crippen LogP contribution in [0.4, 0.5) is 0 Å². The number of carbonyl (C=O) groups excluding carboxylic acids is 1. The first kappa shape index (κ1) is 39.9. The number of hydrogen-bond acceptors (Lipinski definition) is 8. The fourth-order valence-electron chi connectivity index (χ4n) is 6.03. The van der Waals surface area contributed by atoms with Gasteiger partial charge in [0.05, 0.1) is 0 Å². The van der Waals surface area contributed by atoms with E-state index in [2.05, 4.69) is 41.5 Å². The molecule has 0 spiro atoms. The summed E-state index contributed by atoms with van der Waals surface area (Å²) in [6, 6.07) is 0. The molecule has 0 radical (unpaired) electrons. The van der Waals surface area contributed by atoms with E-state index in [1.165, 1.54) is 54.7 Å². The van der Waals surface area contributed by atoms with Gasteiger partial charge in [0.1, 0.15) is 0 Å². The number of thiazole rings is 1.